The largest absolute Gasteiger partial charge is 0.389 e. The highest BCUT2D eigenvalue weighted by Gasteiger charge is 2.34. The van der Waals surface area contributed by atoms with Gasteiger partial charge in [-0.1, -0.05) is 152 Å². The maximum Gasteiger partial charge on any atom is 0.344 e. The Labute approximate surface area is 295 Å². The minimum atomic E-state index is -4.37. The first-order valence-corrected chi connectivity index (χ1v) is 21.0. The molecule has 0 radical (unpaired) electrons. The maximum absolute atomic E-state index is 13.4. The standard InChI is InChI=1S/C38H58O9S2/c1-5-7-9-11-13-15-17-19-21-35(46-48(41,42)33-27-23-31(3)24-28-33)37(39)45-38(40)36(22-20-18-16-14-12-10-8-6-2)47-49(43,44)34-29-25-32(4)26-30-34/h23-30,35-36H,5-22H2,1-4H3. The Morgan fingerprint density at radius 1 is 0.490 bits per heavy atom. The van der Waals surface area contributed by atoms with E-state index in [1.165, 1.54) is 37.1 Å². The molecule has 0 bridgehead atoms. The van der Waals surface area contributed by atoms with E-state index in [1.54, 1.807) is 24.3 Å². The summed E-state index contributed by atoms with van der Waals surface area (Å²) in [5.74, 6) is -2.39. The zero-order valence-electron chi connectivity index (χ0n) is 30.0. The normalized spacial score (nSPS) is 13.2. The zero-order chi connectivity index (χ0) is 36.1. The molecule has 0 saturated heterocycles. The van der Waals surface area contributed by atoms with Crippen molar-refractivity contribution in [1.29, 1.82) is 0 Å². The number of esters is 2. The summed E-state index contributed by atoms with van der Waals surface area (Å²) < 4.78 is 68.5. The molecule has 0 aliphatic carbocycles. The summed E-state index contributed by atoms with van der Waals surface area (Å²) in [6, 6.07) is 12.0. The maximum atomic E-state index is 13.4. The first-order chi connectivity index (χ1) is 23.4. The third kappa shape index (κ3) is 16.8. The Hall–Kier alpha value is -2.60. The summed E-state index contributed by atoms with van der Waals surface area (Å²) in [5.41, 5.74) is 1.70. The fourth-order valence-electron chi connectivity index (χ4n) is 5.40. The molecule has 0 spiro atoms. The number of rotatable bonds is 26. The Morgan fingerprint density at radius 2 is 0.776 bits per heavy atom. The predicted molar refractivity (Wildman–Crippen MR) is 192 cm³/mol. The third-order valence-electron chi connectivity index (χ3n) is 8.47. The van der Waals surface area contributed by atoms with Crippen LogP contribution in [0.2, 0.25) is 0 Å². The molecule has 0 amide bonds. The van der Waals surface area contributed by atoms with Crippen molar-refractivity contribution in [3.05, 3.63) is 59.7 Å². The minimum absolute atomic E-state index is 0.0113. The molecule has 0 aromatic heterocycles. The topological polar surface area (TPSA) is 130 Å². The van der Waals surface area contributed by atoms with Gasteiger partial charge in [0.2, 0.25) is 0 Å². The van der Waals surface area contributed by atoms with Crippen molar-refractivity contribution in [2.75, 3.05) is 0 Å². The van der Waals surface area contributed by atoms with Crippen LogP contribution in [0.15, 0.2) is 58.3 Å². The van der Waals surface area contributed by atoms with E-state index in [-0.39, 0.29) is 22.6 Å². The molecule has 0 aliphatic rings. The molecule has 2 atom stereocenters. The van der Waals surface area contributed by atoms with Gasteiger partial charge in [-0.25, -0.2) is 9.59 Å². The highest BCUT2D eigenvalue weighted by Crippen LogP contribution is 2.23. The van der Waals surface area contributed by atoms with Crippen LogP contribution in [0.4, 0.5) is 0 Å². The van der Waals surface area contributed by atoms with Crippen molar-refractivity contribution in [2.24, 2.45) is 0 Å². The van der Waals surface area contributed by atoms with Gasteiger partial charge in [-0.05, 0) is 51.0 Å². The van der Waals surface area contributed by atoms with E-state index in [9.17, 15) is 26.4 Å². The van der Waals surface area contributed by atoms with Crippen LogP contribution in [0.1, 0.15) is 141 Å². The second-order valence-corrected chi connectivity index (χ2v) is 16.1. The summed E-state index contributed by atoms with van der Waals surface area (Å²) >= 11 is 0. The first kappa shape index (κ1) is 42.6. The molecular formula is C38H58O9S2. The number of carbonyl (C=O) groups is 2. The van der Waals surface area contributed by atoms with Crippen LogP contribution in [0.25, 0.3) is 0 Å². The van der Waals surface area contributed by atoms with E-state index in [4.69, 9.17) is 13.1 Å². The first-order valence-electron chi connectivity index (χ1n) is 18.1. The molecule has 0 fully saturated rings. The van der Waals surface area contributed by atoms with Gasteiger partial charge in [-0.3, -0.25) is 8.37 Å². The quantitative estimate of drug-likeness (QED) is 0.0404. The molecule has 0 heterocycles. The summed E-state index contributed by atoms with van der Waals surface area (Å²) in [5, 5.41) is 0. The van der Waals surface area contributed by atoms with Crippen LogP contribution >= 0.6 is 0 Å². The fraction of sp³-hybridized carbons (Fsp3) is 0.632. The van der Waals surface area contributed by atoms with Gasteiger partial charge in [0.1, 0.15) is 0 Å². The van der Waals surface area contributed by atoms with Gasteiger partial charge in [0.25, 0.3) is 20.2 Å². The van der Waals surface area contributed by atoms with Gasteiger partial charge in [0, 0.05) is 0 Å². The molecule has 276 valence electrons. The Balaban J connectivity index is 2.17. The van der Waals surface area contributed by atoms with Gasteiger partial charge in [0.15, 0.2) is 12.2 Å². The van der Waals surface area contributed by atoms with Crippen LogP contribution in [0, 0.1) is 13.8 Å². The molecule has 2 aromatic carbocycles. The molecule has 11 heteroatoms. The highest BCUT2D eigenvalue weighted by atomic mass is 32.2. The fourth-order valence-corrected chi connectivity index (χ4v) is 7.52. The summed E-state index contributed by atoms with van der Waals surface area (Å²) in [7, 11) is -8.74. The molecule has 2 aromatic rings. The van der Waals surface area contributed by atoms with E-state index >= 15 is 0 Å². The van der Waals surface area contributed by atoms with Crippen molar-refractivity contribution in [1.82, 2.24) is 0 Å². The molecule has 2 unspecified atom stereocenters. The zero-order valence-corrected chi connectivity index (χ0v) is 31.6. The number of benzene rings is 2. The SMILES string of the molecule is CCCCCCCCCCC(OS(=O)(=O)c1ccc(C)cc1)C(=O)OC(=O)C(CCCCCCCCCC)OS(=O)(=O)c1ccc(C)cc1. The van der Waals surface area contributed by atoms with Crippen LogP contribution in [-0.2, 0) is 42.9 Å². The van der Waals surface area contributed by atoms with Crippen molar-refractivity contribution in [3.63, 3.8) is 0 Å². The van der Waals surface area contributed by atoms with Crippen LogP contribution in [0.5, 0.6) is 0 Å². The van der Waals surface area contributed by atoms with Gasteiger partial charge in [-0.15, -0.1) is 0 Å². The van der Waals surface area contributed by atoms with Crippen LogP contribution in [0.3, 0.4) is 0 Å². The van der Waals surface area contributed by atoms with Gasteiger partial charge in [0.05, 0.1) is 9.79 Å². The van der Waals surface area contributed by atoms with Gasteiger partial charge in [-0.2, -0.15) is 16.8 Å². The van der Waals surface area contributed by atoms with E-state index in [0.29, 0.717) is 12.8 Å². The smallest absolute Gasteiger partial charge is 0.344 e. The lowest BCUT2D eigenvalue weighted by Gasteiger charge is -2.19. The number of unbranched alkanes of at least 4 members (excludes halogenated alkanes) is 14. The Bertz CT molecular complexity index is 1340. The van der Waals surface area contributed by atoms with Crippen molar-refractivity contribution in [2.45, 2.75) is 165 Å². The van der Waals surface area contributed by atoms with Gasteiger partial charge < -0.3 is 4.74 Å². The summed E-state index contributed by atoms with van der Waals surface area (Å²) in [6.07, 6.45) is 12.4. The lowest BCUT2D eigenvalue weighted by molar-refractivity contribution is -0.169. The lowest BCUT2D eigenvalue weighted by Crippen LogP contribution is -2.36. The average molecular weight is 723 g/mol. The lowest BCUT2D eigenvalue weighted by atomic mass is 10.1. The summed E-state index contributed by atoms with van der Waals surface area (Å²) in [6.45, 7) is 7.94. The minimum Gasteiger partial charge on any atom is -0.389 e. The van der Waals surface area contributed by atoms with Gasteiger partial charge >= 0.3 is 11.9 Å². The molecule has 0 aliphatic heterocycles. The molecule has 9 nitrogen and oxygen atoms in total. The van der Waals surface area contributed by atoms with E-state index in [2.05, 4.69) is 13.8 Å². The van der Waals surface area contributed by atoms with E-state index in [1.807, 2.05) is 13.8 Å². The average Bonchev–Trinajstić information content (AvgIpc) is 3.06. The molecular weight excluding hydrogens is 665 g/mol. The second kappa shape index (κ2) is 23.0. The Morgan fingerprint density at radius 3 is 1.08 bits per heavy atom. The van der Waals surface area contributed by atoms with Crippen molar-refractivity contribution < 1.29 is 39.5 Å². The molecule has 2 rings (SSSR count). The number of ether oxygens (including phenoxy) is 1. The van der Waals surface area contributed by atoms with Crippen LogP contribution in [-0.4, -0.2) is 41.0 Å². The molecule has 0 N–H and O–H groups in total. The van der Waals surface area contributed by atoms with E-state index in [0.717, 1.165) is 88.2 Å². The van der Waals surface area contributed by atoms with E-state index < -0.39 is 44.4 Å². The third-order valence-corrected chi connectivity index (χ3v) is 11.1. The van der Waals surface area contributed by atoms with Crippen molar-refractivity contribution >= 4 is 32.2 Å². The monoisotopic (exact) mass is 722 g/mol. The Kier molecular flexibility index (Phi) is 20.0. The van der Waals surface area contributed by atoms with Crippen molar-refractivity contribution in [3.8, 4) is 0 Å². The van der Waals surface area contributed by atoms with Crippen LogP contribution < -0.4 is 0 Å². The number of hydrogen-bond acceptors (Lipinski definition) is 9. The predicted octanol–water partition coefficient (Wildman–Crippen LogP) is 9.28. The molecule has 49 heavy (non-hydrogen) atoms. The number of aryl methyl sites for hydroxylation is 2. The molecule has 0 saturated carbocycles. The number of hydrogen-bond donors (Lipinski definition) is 0. The summed E-state index contributed by atoms with van der Waals surface area (Å²) in [4.78, 5) is 26.5. The second-order valence-electron chi connectivity index (χ2n) is 13.0. The number of carbonyl (C=O) groups excluding carboxylic acids is 2. The highest BCUT2D eigenvalue weighted by molar-refractivity contribution is 7.87.